The number of fused-ring (bicyclic) bond motifs is 18. The van der Waals surface area contributed by atoms with Crippen molar-refractivity contribution in [3.8, 4) is 147 Å². The van der Waals surface area contributed by atoms with E-state index in [0.717, 1.165) is 210 Å². The Morgan fingerprint density at radius 3 is 0.904 bits per heavy atom. The minimum Gasteiger partial charge on any atom is -0.436 e. The molecule has 0 N–H and O–H groups in total. The summed E-state index contributed by atoms with van der Waals surface area (Å²) in [6.45, 7) is 0. The van der Waals surface area contributed by atoms with Crippen LogP contribution in [0.15, 0.2) is 468 Å². The lowest BCUT2D eigenvalue weighted by atomic mass is 9.96. The van der Waals surface area contributed by atoms with Gasteiger partial charge >= 0.3 is 0 Å². The summed E-state index contributed by atoms with van der Waals surface area (Å²) in [5.41, 5.74) is 24.7. The van der Waals surface area contributed by atoms with E-state index < -0.39 is 0 Å². The molecule has 20 aromatic carbocycles. The fourth-order valence-electron chi connectivity index (χ4n) is 18.6. The fourth-order valence-corrected chi connectivity index (χ4v) is 19.8. The maximum atomic E-state index is 6.49. The number of nitrogens with zero attached hydrogens (tertiary/aromatic N) is 9. The van der Waals surface area contributed by atoms with Gasteiger partial charge in [0.25, 0.3) is 0 Å². The molecule has 27 rings (SSSR count). The number of thiophene rings is 1. The van der Waals surface area contributed by atoms with E-state index in [1.54, 1.807) is 11.3 Å². The Balaban J connectivity index is 0.000000109. The molecule has 7 heterocycles. The minimum atomic E-state index is 0.618. The third kappa shape index (κ3) is 15.1. The van der Waals surface area contributed by atoms with Crippen molar-refractivity contribution in [2.24, 2.45) is 0 Å². The van der Waals surface area contributed by atoms with Crippen molar-refractivity contribution in [3.63, 3.8) is 0 Å². The van der Waals surface area contributed by atoms with Crippen LogP contribution in [0.1, 0.15) is 0 Å². The molecule has 0 saturated carbocycles. The molecule has 0 aliphatic heterocycles. The van der Waals surface area contributed by atoms with Gasteiger partial charge in [-0.3, -0.25) is 0 Å². The van der Waals surface area contributed by atoms with Gasteiger partial charge in [0.1, 0.15) is 16.6 Å². The van der Waals surface area contributed by atoms with Crippen LogP contribution in [0.3, 0.4) is 0 Å². The first-order chi connectivity index (χ1) is 67.3. The van der Waals surface area contributed by atoms with Crippen LogP contribution >= 0.6 is 11.3 Å². The van der Waals surface area contributed by atoms with E-state index in [1.807, 2.05) is 188 Å². The van der Waals surface area contributed by atoms with E-state index in [2.05, 4.69) is 267 Å². The SMILES string of the molecule is c1ccc(-c2cc(-c3ccccc3)nc(-c3ccc4c(ccc5ccc6oc(-c7cccc8c7sc7ccccc78)nc6c54)c3)n2)cc1.c1ccc(-c2cc(-c3ccccc3)nc(-c3ccc4ccc5ccc6oc(-c7ccccc7)nc6c5c4c3)n2)cc1.c1ccc(-c2cc(-c3ccccc3)nc(-c3cccc(-c4ccc5c(ccc6ccc7oc(-c8ccccc8)nc7c65)c4)c3)n2)cc1. The number of hydrogen-bond acceptors (Lipinski definition) is 13. The third-order valence-electron chi connectivity index (χ3n) is 25.3. The highest BCUT2D eigenvalue weighted by Gasteiger charge is 2.23. The van der Waals surface area contributed by atoms with Crippen LogP contribution in [0.2, 0.25) is 0 Å². The van der Waals surface area contributed by atoms with Crippen LogP contribution in [0.5, 0.6) is 0 Å². The van der Waals surface area contributed by atoms with E-state index in [1.165, 1.54) is 20.2 Å². The molecule has 636 valence electrons. The second-order valence-electron chi connectivity index (χ2n) is 33.8. The molecule has 27 aromatic rings. The van der Waals surface area contributed by atoms with Crippen molar-refractivity contribution in [1.82, 2.24) is 44.9 Å². The summed E-state index contributed by atoms with van der Waals surface area (Å²) in [7, 11) is 0. The quantitative estimate of drug-likeness (QED) is 0.101. The van der Waals surface area contributed by atoms with E-state index >= 15 is 0 Å². The van der Waals surface area contributed by atoms with Gasteiger partial charge in [-0.15, -0.1) is 11.3 Å². The van der Waals surface area contributed by atoms with Crippen LogP contribution in [-0.2, 0) is 0 Å². The second kappa shape index (κ2) is 34.3. The van der Waals surface area contributed by atoms with Gasteiger partial charge in [0.05, 0.1) is 39.7 Å². The highest BCUT2D eigenvalue weighted by Crippen LogP contribution is 2.45. The fraction of sp³-hybridized carbons (Fsp3) is 0. The van der Waals surface area contributed by atoms with Crippen molar-refractivity contribution >= 4 is 129 Å². The van der Waals surface area contributed by atoms with Crippen molar-refractivity contribution in [1.29, 1.82) is 0 Å². The van der Waals surface area contributed by atoms with E-state index in [4.69, 9.17) is 58.1 Å². The predicted molar refractivity (Wildman–Crippen MR) is 557 cm³/mol. The van der Waals surface area contributed by atoms with E-state index in [0.29, 0.717) is 35.1 Å². The summed E-state index contributed by atoms with van der Waals surface area (Å²) < 4.78 is 21.4. The van der Waals surface area contributed by atoms with Crippen molar-refractivity contribution in [2.75, 3.05) is 0 Å². The highest BCUT2D eigenvalue weighted by molar-refractivity contribution is 7.26. The van der Waals surface area contributed by atoms with Gasteiger partial charge in [-0.1, -0.05) is 358 Å². The molecule has 0 amide bonds. The number of rotatable bonds is 13. The molecular formula is C123H75N9O3S. The van der Waals surface area contributed by atoms with Crippen molar-refractivity contribution < 1.29 is 13.3 Å². The van der Waals surface area contributed by atoms with Gasteiger partial charge < -0.3 is 13.3 Å². The first-order valence-electron chi connectivity index (χ1n) is 45.2. The average Bonchev–Trinajstić information content (AvgIpc) is 1.55. The Bertz CT molecular complexity index is 9110. The summed E-state index contributed by atoms with van der Waals surface area (Å²) in [5, 5.41) is 15.8. The summed E-state index contributed by atoms with van der Waals surface area (Å²) in [6, 6.07) is 156. The second-order valence-corrected chi connectivity index (χ2v) is 34.8. The molecule has 13 heteroatoms. The van der Waals surface area contributed by atoms with Crippen molar-refractivity contribution in [3.05, 3.63) is 455 Å². The molecular weight excluding hydrogens is 1680 g/mol. The zero-order valence-corrected chi connectivity index (χ0v) is 73.8. The van der Waals surface area contributed by atoms with Crippen LogP contribution < -0.4 is 0 Å². The maximum Gasteiger partial charge on any atom is 0.228 e. The van der Waals surface area contributed by atoms with Crippen LogP contribution in [0.4, 0.5) is 0 Å². The zero-order valence-electron chi connectivity index (χ0n) is 73.0. The van der Waals surface area contributed by atoms with Gasteiger partial charge in [0, 0.05) is 97.5 Å². The summed E-state index contributed by atoms with van der Waals surface area (Å²) >= 11 is 1.79. The van der Waals surface area contributed by atoms with E-state index in [-0.39, 0.29) is 0 Å². The molecule has 0 unspecified atom stereocenters. The largest absolute Gasteiger partial charge is 0.436 e. The Kier molecular flexibility index (Phi) is 20.2. The van der Waals surface area contributed by atoms with Gasteiger partial charge in [-0.2, -0.15) is 0 Å². The molecule has 12 nitrogen and oxygen atoms in total. The molecule has 0 atom stereocenters. The molecule has 7 aromatic heterocycles. The molecule has 0 bridgehead atoms. The minimum absolute atomic E-state index is 0.618. The third-order valence-corrected chi connectivity index (χ3v) is 26.5. The topological polar surface area (TPSA) is 155 Å². The normalized spacial score (nSPS) is 11.5. The first-order valence-corrected chi connectivity index (χ1v) is 46.1. The zero-order chi connectivity index (χ0) is 89.9. The highest BCUT2D eigenvalue weighted by atomic mass is 32.1. The maximum absolute atomic E-state index is 6.49. The Hall–Kier alpha value is -18.2. The number of hydrogen-bond donors (Lipinski definition) is 0. The summed E-state index contributed by atoms with van der Waals surface area (Å²) in [5.74, 6) is 3.96. The molecule has 136 heavy (non-hydrogen) atoms. The molecule has 0 fully saturated rings. The standard InChI is InChI=1S/C43H25N3OS.C43H27N3O.C37H23N3O/c1-3-10-26(11-4-1)35-25-36(27-12-5-2-6-13-27)45-42(44-35)30-20-22-31-29(24-30)19-18-28-21-23-37-40(39(28)31)46-43(47-37)34-16-9-15-33-32-14-7-8-17-38(32)48-41(33)34;1-4-11-28(12-5-1)37-27-38(29-13-6-2-7-14-29)45-42(44-37)35-18-10-17-32(26-35)33-21-23-36-34(25-33)20-19-30-22-24-39-41(40(30)36)46-43(47-39)31-15-8-3-9-16-31;1-4-10-25(11-5-1)31-23-32(26-12-6-2-7-13-26)39-36(38-31)29-19-17-24-16-18-27-20-21-33-35(34(27)30(24)22-29)40-37(41-33)28-14-8-3-9-15-28/h1-25H;1-27H;1-23H. The summed E-state index contributed by atoms with van der Waals surface area (Å²) in [6.07, 6.45) is 0. The predicted octanol–water partition coefficient (Wildman–Crippen LogP) is 32.8. The monoisotopic (exact) mass is 1760 g/mol. The van der Waals surface area contributed by atoms with Gasteiger partial charge in [-0.05, 0) is 157 Å². The Morgan fingerprint density at radius 1 is 0.169 bits per heavy atom. The van der Waals surface area contributed by atoms with Crippen molar-refractivity contribution in [2.45, 2.75) is 0 Å². The van der Waals surface area contributed by atoms with Gasteiger partial charge in [-0.25, -0.2) is 44.9 Å². The molecule has 0 radical (unpaired) electrons. The van der Waals surface area contributed by atoms with Crippen LogP contribution in [0, 0.1) is 0 Å². The molecule has 0 saturated heterocycles. The molecule has 0 spiro atoms. The summed E-state index contributed by atoms with van der Waals surface area (Å²) in [4.78, 5) is 45.4. The van der Waals surface area contributed by atoms with Crippen LogP contribution in [-0.4, -0.2) is 44.9 Å². The smallest absolute Gasteiger partial charge is 0.228 e. The number of aromatic nitrogens is 9. The lowest BCUT2D eigenvalue weighted by Crippen LogP contribution is -1.96. The lowest BCUT2D eigenvalue weighted by molar-refractivity contribution is 0.619. The number of oxazole rings is 3. The van der Waals surface area contributed by atoms with Crippen LogP contribution in [0.25, 0.3) is 265 Å². The molecule has 0 aliphatic rings. The Labute approximate surface area is 784 Å². The molecule has 0 aliphatic carbocycles. The first kappa shape index (κ1) is 80.0. The lowest BCUT2D eigenvalue weighted by Gasteiger charge is -2.11. The number of benzene rings is 20. The van der Waals surface area contributed by atoms with E-state index in [9.17, 15) is 0 Å². The van der Waals surface area contributed by atoms with Gasteiger partial charge in [0.15, 0.2) is 34.2 Å². The average molecular weight is 1760 g/mol. The Morgan fingerprint density at radius 2 is 0.463 bits per heavy atom. The van der Waals surface area contributed by atoms with Gasteiger partial charge in [0.2, 0.25) is 17.7 Å².